The molecule has 0 saturated heterocycles. The van der Waals surface area contributed by atoms with Crippen LogP contribution < -0.4 is 21.9 Å². The van der Waals surface area contributed by atoms with Crippen molar-refractivity contribution in [1.82, 2.24) is 0 Å². The number of carbonyl (C=O) groups is 2. The number of likely N-dealkylation sites (N-methyl/N-ethyl adjacent to an activating group) is 1. The third-order valence-corrected chi connectivity index (χ3v) is 5.77. The maximum Gasteiger partial charge on any atom is 0.222 e. The summed E-state index contributed by atoms with van der Waals surface area (Å²) in [6, 6.07) is 21.0. The zero-order valence-electron chi connectivity index (χ0n) is 17.9. The topological polar surface area (TPSA) is 41.3 Å². The van der Waals surface area contributed by atoms with Gasteiger partial charge in [0.2, 0.25) is 12.3 Å². The van der Waals surface area contributed by atoms with Crippen molar-refractivity contribution in [2.75, 3.05) is 11.9 Å². The van der Waals surface area contributed by atoms with Crippen LogP contribution in [-0.4, -0.2) is 18.6 Å². The average molecular weight is 433 g/mol. The van der Waals surface area contributed by atoms with Crippen LogP contribution in [0.5, 0.6) is 0 Å². The fourth-order valence-corrected chi connectivity index (χ4v) is 4.11. The smallest absolute Gasteiger partial charge is 0.222 e. The number of rotatable bonds is 5. The molecule has 4 nitrogen and oxygen atoms in total. The summed E-state index contributed by atoms with van der Waals surface area (Å²) in [6.07, 6.45) is 5.31. The molecule has 31 heavy (non-hydrogen) atoms. The fraction of sp³-hybridized carbons (Fsp3) is 0.192. The van der Waals surface area contributed by atoms with E-state index in [9.17, 15) is 9.59 Å². The van der Waals surface area contributed by atoms with Crippen LogP contribution in [0.1, 0.15) is 35.3 Å². The first kappa shape index (κ1) is 22.4. The monoisotopic (exact) mass is 432 g/mol. The van der Waals surface area contributed by atoms with Crippen LogP contribution in [0.2, 0.25) is 0 Å². The number of halogens is 1. The van der Waals surface area contributed by atoms with Gasteiger partial charge in [-0.25, -0.2) is 0 Å². The van der Waals surface area contributed by atoms with Crippen molar-refractivity contribution in [3.63, 3.8) is 0 Å². The van der Waals surface area contributed by atoms with E-state index < -0.39 is 0 Å². The molecule has 0 atom stereocenters. The van der Waals surface area contributed by atoms with E-state index in [4.69, 9.17) is 0 Å². The number of pyridine rings is 1. The molecule has 0 fully saturated rings. The molecule has 3 aromatic rings. The van der Waals surface area contributed by atoms with Gasteiger partial charge in [-0.2, -0.15) is 4.57 Å². The zero-order chi connectivity index (χ0) is 21.3. The third-order valence-electron chi connectivity index (χ3n) is 5.77. The number of ketones is 2. The Morgan fingerprint density at radius 1 is 0.903 bits per heavy atom. The Morgan fingerprint density at radius 3 is 2.13 bits per heavy atom. The van der Waals surface area contributed by atoms with Gasteiger partial charge in [0.1, 0.15) is 0 Å². The van der Waals surface area contributed by atoms with E-state index >= 15 is 0 Å². The zero-order valence-corrected chi connectivity index (χ0v) is 18.6. The standard InChI is InChI=1S/C26H25N2O2.ClH/c1-26(2)22-11-7-8-12-23(22)27(3)24(26)17-21(29)18-28-15-13-20(14-16-28)25(30)19-9-5-4-6-10-19;/h4-17H,18H2,1-3H3;1H/q+1;/p-1/b24-17-;. The third kappa shape index (κ3) is 4.30. The van der Waals surface area contributed by atoms with Crippen LogP contribution in [0.4, 0.5) is 5.69 Å². The summed E-state index contributed by atoms with van der Waals surface area (Å²) in [5, 5.41) is 0. The highest BCUT2D eigenvalue weighted by Gasteiger charge is 2.38. The number of nitrogens with zero attached hydrogens (tertiary/aromatic N) is 2. The number of anilines is 1. The van der Waals surface area contributed by atoms with Gasteiger partial charge in [-0.3, -0.25) is 9.59 Å². The Morgan fingerprint density at radius 2 is 1.48 bits per heavy atom. The van der Waals surface area contributed by atoms with E-state index in [2.05, 4.69) is 30.9 Å². The van der Waals surface area contributed by atoms with Crippen LogP contribution in [0.25, 0.3) is 0 Å². The van der Waals surface area contributed by atoms with Crippen LogP contribution >= 0.6 is 0 Å². The van der Waals surface area contributed by atoms with E-state index in [1.54, 1.807) is 47.3 Å². The Bertz CT molecular complexity index is 1140. The molecule has 0 spiro atoms. The Hall–Kier alpha value is -3.24. The minimum atomic E-state index is -0.225. The van der Waals surface area contributed by atoms with Gasteiger partial charge in [0, 0.05) is 53.2 Å². The van der Waals surface area contributed by atoms with Crippen molar-refractivity contribution < 1.29 is 26.6 Å². The van der Waals surface area contributed by atoms with Crippen molar-refractivity contribution in [2.24, 2.45) is 0 Å². The van der Waals surface area contributed by atoms with Crippen molar-refractivity contribution >= 4 is 17.3 Å². The Balaban J connectivity index is 0.00000272. The molecule has 1 aromatic heterocycles. The lowest BCUT2D eigenvalue weighted by Gasteiger charge is -2.23. The molecule has 1 aliphatic rings. The molecular formula is C26H25ClN2O2. The first-order valence-electron chi connectivity index (χ1n) is 10.0. The quantitative estimate of drug-likeness (QED) is 0.344. The van der Waals surface area contributed by atoms with Gasteiger partial charge in [0.25, 0.3) is 0 Å². The van der Waals surface area contributed by atoms with Crippen LogP contribution in [0, 0.1) is 0 Å². The molecule has 0 saturated carbocycles. The van der Waals surface area contributed by atoms with E-state index in [-0.39, 0.29) is 35.9 Å². The van der Waals surface area contributed by atoms with E-state index in [1.165, 1.54) is 5.56 Å². The van der Waals surface area contributed by atoms with Gasteiger partial charge >= 0.3 is 0 Å². The molecule has 0 bridgehead atoms. The summed E-state index contributed by atoms with van der Waals surface area (Å²) < 4.78 is 1.80. The highest BCUT2D eigenvalue weighted by atomic mass is 35.5. The molecule has 2 aromatic carbocycles. The molecule has 5 heteroatoms. The van der Waals surface area contributed by atoms with Crippen LogP contribution in [0.3, 0.4) is 0 Å². The maximum absolute atomic E-state index is 12.8. The predicted octanol–water partition coefficient (Wildman–Crippen LogP) is 1.09. The summed E-state index contributed by atoms with van der Waals surface area (Å²) in [7, 11) is 2.00. The fourth-order valence-electron chi connectivity index (χ4n) is 4.11. The largest absolute Gasteiger partial charge is 1.00 e. The lowest BCUT2D eigenvalue weighted by molar-refractivity contribution is -0.683. The minimum Gasteiger partial charge on any atom is -1.00 e. The number of fused-ring (bicyclic) bond motifs is 1. The number of para-hydroxylation sites is 1. The summed E-state index contributed by atoms with van der Waals surface area (Å²) in [6.45, 7) is 4.51. The lowest BCUT2D eigenvalue weighted by atomic mass is 9.83. The van der Waals surface area contributed by atoms with Crippen molar-refractivity contribution in [3.8, 4) is 0 Å². The molecule has 158 valence electrons. The summed E-state index contributed by atoms with van der Waals surface area (Å²) in [5.74, 6) is -0.00634. The van der Waals surface area contributed by atoms with Crippen molar-refractivity contribution in [1.29, 1.82) is 0 Å². The van der Waals surface area contributed by atoms with E-state index in [0.717, 1.165) is 11.4 Å². The highest BCUT2D eigenvalue weighted by Crippen LogP contribution is 2.46. The molecule has 1 aliphatic heterocycles. The van der Waals surface area contributed by atoms with Gasteiger partial charge in [0.05, 0.1) is 0 Å². The van der Waals surface area contributed by atoms with Crippen molar-refractivity contribution in [3.05, 3.63) is 108 Å². The molecule has 0 N–H and O–H groups in total. The van der Waals surface area contributed by atoms with Gasteiger partial charge < -0.3 is 17.3 Å². The van der Waals surface area contributed by atoms with Gasteiger partial charge in [-0.1, -0.05) is 62.4 Å². The first-order valence-corrected chi connectivity index (χ1v) is 10.0. The number of benzene rings is 2. The molecule has 2 heterocycles. The molecular weight excluding hydrogens is 408 g/mol. The predicted molar refractivity (Wildman–Crippen MR) is 117 cm³/mol. The second kappa shape index (κ2) is 8.86. The SMILES string of the molecule is CN1/C(=C\C(=O)C[n+]2ccc(C(=O)c3ccccc3)cc2)C(C)(C)c2ccccc21.[Cl-]. The van der Waals surface area contributed by atoms with Crippen LogP contribution in [0.15, 0.2) is 90.9 Å². The number of carbonyl (C=O) groups excluding carboxylic acids is 2. The second-order valence-corrected chi connectivity index (χ2v) is 8.15. The first-order chi connectivity index (χ1) is 14.4. The molecule has 4 rings (SSSR count). The Labute approximate surface area is 189 Å². The summed E-state index contributed by atoms with van der Waals surface area (Å²) >= 11 is 0. The molecule has 0 unspecified atom stereocenters. The maximum atomic E-state index is 12.8. The van der Waals surface area contributed by atoms with Gasteiger partial charge in [-0.15, -0.1) is 0 Å². The molecule has 0 radical (unpaired) electrons. The summed E-state index contributed by atoms with van der Waals surface area (Å²) in [5.41, 5.74) is 4.39. The van der Waals surface area contributed by atoms with E-state index in [1.807, 2.05) is 37.4 Å². The molecule has 0 aliphatic carbocycles. The lowest BCUT2D eigenvalue weighted by Crippen LogP contribution is -3.00. The number of hydrogen-bond donors (Lipinski definition) is 0. The second-order valence-electron chi connectivity index (χ2n) is 8.15. The van der Waals surface area contributed by atoms with Crippen molar-refractivity contribution in [2.45, 2.75) is 25.8 Å². The van der Waals surface area contributed by atoms with Gasteiger partial charge in [0.15, 0.2) is 18.2 Å². The number of hydrogen-bond acceptors (Lipinski definition) is 3. The molecule has 0 amide bonds. The average Bonchev–Trinajstić information content (AvgIpc) is 2.95. The number of aromatic nitrogens is 1. The van der Waals surface area contributed by atoms with Crippen LogP contribution in [-0.2, 0) is 16.8 Å². The normalized spacial score (nSPS) is 15.3. The minimum absolute atomic E-state index is 0. The number of allylic oxidation sites excluding steroid dienone is 2. The highest BCUT2D eigenvalue weighted by molar-refractivity contribution is 6.08. The van der Waals surface area contributed by atoms with Gasteiger partial charge in [-0.05, 0) is 11.6 Å². The summed E-state index contributed by atoms with van der Waals surface area (Å²) in [4.78, 5) is 27.4. The Kier molecular flexibility index (Phi) is 6.42. The van der Waals surface area contributed by atoms with E-state index in [0.29, 0.717) is 11.1 Å².